The first-order chi connectivity index (χ1) is 8.63. The van der Waals surface area contributed by atoms with Gasteiger partial charge in [-0.15, -0.1) is 0 Å². The molecule has 0 aliphatic carbocycles. The molecular weight excluding hydrogens is 236 g/mol. The van der Waals surface area contributed by atoms with Crippen LogP contribution in [0.4, 0.5) is 5.69 Å². The molecule has 1 aliphatic rings. The average Bonchev–Trinajstić information content (AvgIpc) is 2.37. The van der Waals surface area contributed by atoms with Crippen molar-refractivity contribution in [2.75, 3.05) is 19.8 Å². The van der Waals surface area contributed by atoms with Gasteiger partial charge in [0.1, 0.15) is 13.2 Å². The molecule has 0 fully saturated rings. The van der Waals surface area contributed by atoms with Crippen molar-refractivity contribution >= 4 is 5.69 Å². The van der Waals surface area contributed by atoms with Crippen molar-refractivity contribution in [3.63, 3.8) is 0 Å². The lowest BCUT2D eigenvalue weighted by molar-refractivity contribution is -0.386. The van der Waals surface area contributed by atoms with Crippen LogP contribution in [0.3, 0.4) is 0 Å². The van der Waals surface area contributed by atoms with Crippen LogP contribution in [0.25, 0.3) is 0 Å². The van der Waals surface area contributed by atoms with Gasteiger partial charge in [0.2, 0.25) is 5.75 Å². The fraction of sp³-hybridized carbons (Fsp3) is 0.500. The third kappa shape index (κ3) is 2.38. The third-order valence-electron chi connectivity index (χ3n) is 3.01. The minimum absolute atomic E-state index is 0.0360. The summed E-state index contributed by atoms with van der Waals surface area (Å²) in [5.41, 5.74) is 6.33. The summed E-state index contributed by atoms with van der Waals surface area (Å²) in [6.07, 6.45) is 0.775. The van der Waals surface area contributed by atoms with Crippen molar-refractivity contribution in [2.45, 2.75) is 19.3 Å². The van der Waals surface area contributed by atoms with Gasteiger partial charge in [-0.05, 0) is 30.5 Å². The van der Waals surface area contributed by atoms with Crippen LogP contribution in [0, 0.1) is 10.1 Å². The zero-order valence-electron chi connectivity index (χ0n) is 10.2. The van der Waals surface area contributed by atoms with Crippen molar-refractivity contribution in [1.29, 1.82) is 0 Å². The van der Waals surface area contributed by atoms with E-state index in [-0.39, 0.29) is 17.4 Å². The molecule has 6 nitrogen and oxygen atoms in total. The van der Waals surface area contributed by atoms with Gasteiger partial charge in [0.25, 0.3) is 0 Å². The van der Waals surface area contributed by atoms with Gasteiger partial charge >= 0.3 is 5.69 Å². The van der Waals surface area contributed by atoms with E-state index in [1.54, 1.807) is 6.07 Å². The van der Waals surface area contributed by atoms with Crippen LogP contribution in [0.15, 0.2) is 12.1 Å². The smallest absolute Gasteiger partial charge is 0.315 e. The summed E-state index contributed by atoms with van der Waals surface area (Å²) < 4.78 is 10.7. The van der Waals surface area contributed by atoms with Crippen LogP contribution in [-0.2, 0) is 0 Å². The first-order valence-corrected chi connectivity index (χ1v) is 5.91. The molecule has 18 heavy (non-hydrogen) atoms. The number of nitro benzene ring substituents is 1. The maximum atomic E-state index is 11.1. The first kappa shape index (κ1) is 12.6. The summed E-state index contributed by atoms with van der Waals surface area (Å²) in [5.74, 6) is 0.841. The number of fused-ring (bicyclic) bond motifs is 1. The Bertz CT molecular complexity index is 462. The Hall–Kier alpha value is -1.82. The molecule has 0 aromatic heterocycles. The van der Waals surface area contributed by atoms with Gasteiger partial charge in [0, 0.05) is 6.07 Å². The Morgan fingerprint density at radius 1 is 1.44 bits per heavy atom. The van der Waals surface area contributed by atoms with E-state index in [0.717, 1.165) is 12.0 Å². The van der Waals surface area contributed by atoms with E-state index >= 15 is 0 Å². The summed E-state index contributed by atoms with van der Waals surface area (Å²) in [5, 5.41) is 11.1. The molecule has 0 saturated carbocycles. The van der Waals surface area contributed by atoms with Crippen molar-refractivity contribution in [2.24, 2.45) is 5.73 Å². The van der Waals surface area contributed by atoms with E-state index in [9.17, 15) is 10.1 Å². The quantitative estimate of drug-likeness (QED) is 0.652. The second kappa shape index (κ2) is 5.22. The topological polar surface area (TPSA) is 87.6 Å². The highest BCUT2D eigenvalue weighted by molar-refractivity contribution is 5.59. The van der Waals surface area contributed by atoms with Crippen LogP contribution in [-0.4, -0.2) is 24.7 Å². The molecule has 0 radical (unpaired) electrons. The van der Waals surface area contributed by atoms with E-state index < -0.39 is 4.92 Å². The Labute approximate surface area is 105 Å². The van der Waals surface area contributed by atoms with Gasteiger partial charge in [-0.25, -0.2) is 0 Å². The predicted molar refractivity (Wildman–Crippen MR) is 66.2 cm³/mol. The molecule has 98 valence electrons. The van der Waals surface area contributed by atoms with Gasteiger partial charge in [0.15, 0.2) is 5.75 Å². The van der Waals surface area contributed by atoms with Gasteiger partial charge in [-0.3, -0.25) is 10.1 Å². The third-order valence-corrected chi connectivity index (χ3v) is 3.01. The molecule has 0 saturated heterocycles. The minimum atomic E-state index is -0.438. The first-order valence-electron chi connectivity index (χ1n) is 5.91. The SMILES string of the molecule is CC(CCN)c1cc2c(c([N+](=O)[O-])c1)OCCO2. The van der Waals surface area contributed by atoms with E-state index in [1.807, 2.05) is 13.0 Å². The fourth-order valence-corrected chi connectivity index (χ4v) is 1.99. The van der Waals surface area contributed by atoms with E-state index in [0.29, 0.717) is 25.5 Å². The largest absolute Gasteiger partial charge is 0.486 e. The van der Waals surface area contributed by atoms with Gasteiger partial charge in [0.05, 0.1) is 4.92 Å². The number of rotatable bonds is 4. The summed E-state index contributed by atoms with van der Waals surface area (Å²) in [4.78, 5) is 10.6. The molecule has 1 aromatic carbocycles. The lowest BCUT2D eigenvalue weighted by Crippen LogP contribution is -2.17. The minimum Gasteiger partial charge on any atom is -0.486 e. The Balaban J connectivity index is 2.44. The van der Waals surface area contributed by atoms with Crippen LogP contribution < -0.4 is 15.2 Å². The van der Waals surface area contributed by atoms with E-state index in [2.05, 4.69) is 0 Å². The molecule has 1 heterocycles. The predicted octanol–water partition coefficient (Wildman–Crippen LogP) is 1.82. The molecule has 1 aliphatic heterocycles. The second-order valence-electron chi connectivity index (χ2n) is 4.30. The Morgan fingerprint density at radius 3 is 2.83 bits per heavy atom. The number of nitrogens with zero attached hydrogens (tertiary/aromatic N) is 1. The summed E-state index contributed by atoms with van der Waals surface area (Å²) in [6.45, 7) is 3.29. The zero-order chi connectivity index (χ0) is 13.1. The molecular formula is C12H16N2O4. The van der Waals surface area contributed by atoms with Gasteiger partial charge in [-0.1, -0.05) is 6.92 Å². The molecule has 1 unspecified atom stereocenters. The molecule has 2 rings (SSSR count). The Kier molecular flexibility index (Phi) is 3.66. The monoisotopic (exact) mass is 252 g/mol. The number of ether oxygens (including phenoxy) is 2. The number of nitrogens with two attached hydrogens (primary N) is 1. The fourth-order valence-electron chi connectivity index (χ4n) is 1.99. The van der Waals surface area contributed by atoms with Gasteiger partial charge in [-0.2, -0.15) is 0 Å². The van der Waals surface area contributed by atoms with Crippen LogP contribution in [0.2, 0.25) is 0 Å². The van der Waals surface area contributed by atoms with Crippen LogP contribution in [0.1, 0.15) is 24.8 Å². The number of benzene rings is 1. The molecule has 0 spiro atoms. The second-order valence-corrected chi connectivity index (χ2v) is 4.30. The van der Waals surface area contributed by atoms with Crippen molar-refractivity contribution in [1.82, 2.24) is 0 Å². The van der Waals surface area contributed by atoms with Crippen molar-refractivity contribution < 1.29 is 14.4 Å². The number of hydrogen-bond donors (Lipinski definition) is 1. The van der Waals surface area contributed by atoms with Crippen LogP contribution >= 0.6 is 0 Å². The molecule has 2 N–H and O–H groups in total. The maximum Gasteiger partial charge on any atom is 0.315 e. The standard InChI is InChI=1S/C12H16N2O4/c1-8(2-3-13)9-6-10(14(15)16)12-11(7-9)17-4-5-18-12/h6-8H,2-5,13H2,1H3. The lowest BCUT2D eigenvalue weighted by atomic mass is 9.96. The molecule has 6 heteroatoms. The summed E-state index contributed by atoms with van der Waals surface area (Å²) in [7, 11) is 0. The Morgan fingerprint density at radius 2 is 2.17 bits per heavy atom. The molecule has 1 aromatic rings. The van der Waals surface area contributed by atoms with E-state index in [1.165, 1.54) is 0 Å². The maximum absolute atomic E-state index is 11.1. The summed E-state index contributed by atoms with van der Waals surface area (Å²) >= 11 is 0. The molecule has 0 amide bonds. The number of hydrogen-bond acceptors (Lipinski definition) is 5. The molecule has 1 atom stereocenters. The average molecular weight is 252 g/mol. The van der Waals surface area contributed by atoms with Crippen molar-refractivity contribution in [3.05, 3.63) is 27.8 Å². The zero-order valence-corrected chi connectivity index (χ0v) is 10.2. The highest BCUT2D eigenvalue weighted by Gasteiger charge is 2.26. The lowest BCUT2D eigenvalue weighted by Gasteiger charge is -2.20. The van der Waals surface area contributed by atoms with Gasteiger partial charge < -0.3 is 15.2 Å². The van der Waals surface area contributed by atoms with Crippen molar-refractivity contribution in [3.8, 4) is 11.5 Å². The highest BCUT2D eigenvalue weighted by atomic mass is 16.6. The van der Waals surface area contributed by atoms with Crippen LogP contribution in [0.5, 0.6) is 11.5 Å². The highest BCUT2D eigenvalue weighted by Crippen LogP contribution is 2.41. The summed E-state index contributed by atoms with van der Waals surface area (Å²) in [6, 6.07) is 3.36. The number of nitro groups is 1. The normalized spacial score (nSPS) is 15.2. The molecule has 0 bridgehead atoms. The van der Waals surface area contributed by atoms with E-state index in [4.69, 9.17) is 15.2 Å².